The van der Waals surface area contributed by atoms with Crippen LogP contribution >= 0.6 is 0 Å². The number of unbranched alkanes of at least 4 members (excludes halogenated alkanes) is 3. The van der Waals surface area contributed by atoms with Crippen molar-refractivity contribution in [1.29, 1.82) is 0 Å². The first-order chi connectivity index (χ1) is 13.3. The lowest BCUT2D eigenvalue weighted by atomic mass is 10.2. The highest BCUT2D eigenvalue weighted by Gasteiger charge is 1.96. The number of nitrogens with one attached hydrogen (secondary N) is 1. The maximum Gasteiger partial charge on any atom is 0.220 e. The molecule has 0 aromatic heterocycles. The molecule has 0 fully saturated rings. The molecule has 0 spiro atoms. The fraction of sp³-hybridized carbons (Fsp3) is 0.542. The van der Waals surface area contributed by atoms with Crippen LogP contribution in [-0.2, 0) is 4.79 Å². The first-order valence-electron chi connectivity index (χ1n) is 10.4. The van der Waals surface area contributed by atoms with E-state index in [9.17, 15) is 4.79 Å². The minimum Gasteiger partial charge on any atom is -0.395 e. The second-order valence-corrected chi connectivity index (χ2v) is 6.41. The van der Waals surface area contributed by atoms with E-state index in [0.29, 0.717) is 13.0 Å². The van der Waals surface area contributed by atoms with Crippen LogP contribution in [0.2, 0.25) is 0 Å². The Morgan fingerprint density at radius 2 is 1.22 bits per heavy atom. The van der Waals surface area contributed by atoms with Crippen molar-refractivity contribution in [2.45, 2.75) is 71.1 Å². The molecule has 0 bridgehead atoms. The molecule has 1 amide bonds. The van der Waals surface area contributed by atoms with Gasteiger partial charge >= 0.3 is 0 Å². The highest BCUT2D eigenvalue weighted by Crippen LogP contribution is 2.01. The van der Waals surface area contributed by atoms with Gasteiger partial charge in [0.2, 0.25) is 5.91 Å². The van der Waals surface area contributed by atoms with E-state index in [4.69, 9.17) is 5.11 Å². The molecule has 27 heavy (non-hydrogen) atoms. The van der Waals surface area contributed by atoms with Crippen molar-refractivity contribution >= 4 is 5.91 Å². The summed E-state index contributed by atoms with van der Waals surface area (Å²) < 4.78 is 0. The molecule has 3 nitrogen and oxygen atoms in total. The fourth-order valence-electron chi connectivity index (χ4n) is 2.33. The van der Waals surface area contributed by atoms with E-state index in [1.54, 1.807) is 0 Å². The van der Waals surface area contributed by atoms with Crippen molar-refractivity contribution in [2.75, 3.05) is 13.2 Å². The molecule has 2 N–H and O–H groups in total. The first-order valence-corrected chi connectivity index (χ1v) is 10.4. The van der Waals surface area contributed by atoms with Gasteiger partial charge in [0, 0.05) is 13.0 Å². The summed E-state index contributed by atoms with van der Waals surface area (Å²) in [5.41, 5.74) is 0. The molecular weight excluding hydrogens is 334 g/mol. The number of hydrogen-bond donors (Lipinski definition) is 2. The molecule has 0 saturated heterocycles. The third-order valence-corrected chi connectivity index (χ3v) is 3.87. The summed E-state index contributed by atoms with van der Waals surface area (Å²) in [6.45, 7) is 2.57. The van der Waals surface area contributed by atoms with Crippen LogP contribution in [0.4, 0.5) is 0 Å². The van der Waals surface area contributed by atoms with Gasteiger partial charge in [-0.15, -0.1) is 0 Å². The molecule has 0 aliphatic heterocycles. The second kappa shape index (κ2) is 22.2. The van der Waals surface area contributed by atoms with Gasteiger partial charge in [-0.1, -0.05) is 80.5 Å². The lowest BCUT2D eigenvalue weighted by Gasteiger charge is -1.99. The Morgan fingerprint density at radius 3 is 1.70 bits per heavy atom. The van der Waals surface area contributed by atoms with Crippen LogP contribution in [0, 0.1) is 0 Å². The highest BCUT2D eigenvalue weighted by atomic mass is 16.3. The molecule has 0 saturated carbocycles. The van der Waals surface area contributed by atoms with Crippen molar-refractivity contribution in [3.63, 3.8) is 0 Å². The van der Waals surface area contributed by atoms with Crippen LogP contribution in [0.5, 0.6) is 0 Å². The summed E-state index contributed by atoms with van der Waals surface area (Å²) in [7, 11) is 0. The zero-order valence-corrected chi connectivity index (χ0v) is 17.1. The Kier molecular flexibility index (Phi) is 20.6. The predicted octanol–water partition coefficient (Wildman–Crippen LogP) is 5.80. The van der Waals surface area contributed by atoms with Crippen LogP contribution < -0.4 is 5.32 Å². The maximum absolute atomic E-state index is 11.3. The molecule has 0 radical (unpaired) electrons. The lowest BCUT2D eigenvalue weighted by Crippen LogP contribution is -2.25. The van der Waals surface area contributed by atoms with Gasteiger partial charge in [-0.2, -0.15) is 0 Å². The molecule has 152 valence electrons. The first kappa shape index (κ1) is 25.1. The number of rotatable bonds is 17. The van der Waals surface area contributed by atoms with E-state index in [2.05, 4.69) is 66.9 Å². The van der Waals surface area contributed by atoms with Gasteiger partial charge in [-0.25, -0.2) is 0 Å². The van der Waals surface area contributed by atoms with Crippen molar-refractivity contribution in [3.8, 4) is 0 Å². The molecule has 0 aromatic carbocycles. The standard InChI is InChI=1S/C24H39NO2/c1-2-3-4-5-6-7-8-9-10-11-12-13-14-15-16-17-18-19-20-21-24(27)25-22-23-26/h6-7,9-10,12-13,15-16,18-19,26H,2-5,8,11,14,17,20-23H2,1H3,(H,25,27). The minimum absolute atomic E-state index is 0.00630. The van der Waals surface area contributed by atoms with E-state index in [1.165, 1.54) is 25.7 Å². The van der Waals surface area contributed by atoms with E-state index < -0.39 is 0 Å². The number of amides is 1. The van der Waals surface area contributed by atoms with Gasteiger partial charge in [-0.05, 0) is 44.9 Å². The SMILES string of the molecule is CCCCCC=CCC=CCC=CCC=CCC=CCCC(=O)NCCO. The van der Waals surface area contributed by atoms with Crippen molar-refractivity contribution in [1.82, 2.24) is 5.32 Å². The van der Waals surface area contributed by atoms with Gasteiger partial charge in [0.1, 0.15) is 0 Å². The molecule has 0 unspecified atom stereocenters. The Bertz CT molecular complexity index is 473. The van der Waals surface area contributed by atoms with E-state index in [0.717, 1.165) is 32.1 Å². The molecule has 0 heterocycles. The zero-order chi connectivity index (χ0) is 19.8. The summed E-state index contributed by atoms with van der Waals surface area (Å²) in [5, 5.41) is 11.2. The van der Waals surface area contributed by atoms with Crippen LogP contribution in [-0.4, -0.2) is 24.2 Å². The Hall–Kier alpha value is -1.87. The topological polar surface area (TPSA) is 49.3 Å². The molecule has 0 rings (SSSR count). The number of carbonyl (C=O) groups is 1. The summed E-state index contributed by atoms with van der Waals surface area (Å²) in [6.07, 6.45) is 32.1. The molecule has 0 aliphatic rings. The molecule has 0 aliphatic carbocycles. The third kappa shape index (κ3) is 22.1. The molecule has 0 aromatic rings. The smallest absolute Gasteiger partial charge is 0.220 e. The lowest BCUT2D eigenvalue weighted by molar-refractivity contribution is -0.121. The highest BCUT2D eigenvalue weighted by molar-refractivity contribution is 5.75. The number of aliphatic hydroxyl groups is 1. The molecular formula is C24H39NO2. The Morgan fingerprint density at radius 1 is 0.741 bits per heavy atom. The number of hydrogen-bond acceptors (Lipinski definition) is 2. The van der Waals surface area contributed by atoms with Gasteiger partial charge < -0.3 is 10.4 Å². The Labute approximate surface area is 166 Å². The van der Waals surface area contributed by atoms with Crippen LogP contribution in [0.1, 0.15) is 71.1 Å². The van der Waals surface area contributed by atoms with Crippen molar-refractivity contribution < 1.29 is 9.90 Å². The summed E-state index contributed by atoms with van der Waals surface area (Å²) in [4.78, 5) is 11.3. The van der Waals surface area contributed by atoms with Crippen LogP contribution in [0.25, 0.3) is 0 Å². The number of allylic oxidation sites excluding steroid dienone is 10. The monoisotopic (exact) mass is 373 g/mol. The van der Waals surface area contributed by atoms with Crippen molar-refractivity contribution in [2.24, 2.45) is 0 Å². The third-order valence-electron chi connectivity index (χ3n) is 3.87. The van der Waals surface area contributed by atoms with Crippen LogP contribution in [0.3, 0.4) is 0 Å². The van der Waals surface area contributed by atoms with Crippen LogP contribution in [0.15, 0.2) is 60.8 Å². The zero-order valence-electron chi connectivity index (χ0n) is 17.1. The average molecular weight is 374 g/mol. The van der Waals surface area contributed by atoms with Gasteiger partial charge in [0.25, 0.3) is 0 Å². The van der Waals surface area contributed by atoms with Crippen molar-refractivity contribution in [3.05, 3.63) is 60.8 Å². The predicted molar refractivity (Wildman–Crippen MR) is 118 cm³/mol. The van der Waals surface area contributed by atoms with E-state index >= 15 is 0 Å². The van der Waals surface area contributed by atoms with Gasteiger partial charge in [-0.3, -0.25) is 4.79 Å². The van der Waals surface area contributed by atoms with E-state index in [1.807, 2.05) is 6.08 Å². The van der Waals surface area contributed by atoms with Gasteiger partial charge in [0.15, 0.2) is 0 Å². The molecule has 3 heteroatoms. The average Bonchev–Trinajstić information content (AvgIpc) is 2.68. The molecule has 0 atom stereocenters. The van der Waals surface area contributed by atoms with Gasteiger partial charge in [0.05, 0.1) is 6.61 Å². The quantitative estimate of drug-likeness (QED) is 0.250. The Balaban J connectivity index is 3.50. The van der Waals surface area contributed by atoms with E-state index in [-0.39, 0.29) is 12.5 Å². The number of aliphatic hydroxyl groups excluding tert-OH is 1. The summed E-state index contributed by atoms with van der Waals surface area (Å²) in [5.74, 6) is -0.00794. The number of carbonyl (C=O) groups excluding carboxylic acids is 1. The summed E-state index contributed by atoms with van der Waals surface area (Å²) >= 11 is 0. The second-order valence-electron chi connectivity index (χ2n) is 6.41. The summed E-state index contributed by atoms with van der Waals surface area (Å²) in [6, 6.07) is 0. The normalized spacial score (nSPS) is 12.5. The maximum atomic E-state index is 11.3. The largest absolute Gasteiger partial charge is 0.395 e. The fourth-order valence-corrected chi connectivity index (χ4v) is 2.33. The minimum atomic E-state index is -0.00794.